The lowest BCUT2D eigenvalue weighted by atomic mass is 10.0. The third-order valence-electron chi connectivity index (χ3n) is 5.84. The van der Waals surface area contributed by atoms with Crippen molar-refractivity contribution >= 4 is 34.8 Å². The number of ether oxygens (including phenoxy) is 3. The number of benzene rings is 4. The Bertz CT molecular complexity index is 1510. The van der Waals surface area contributed by atoms with Crippen LogP contribution in [-0.2, 0) is 4.79 Å². The molecular weight excluding hydrogens is 510 g/mol. The van der Waals surface area contributed by atoms with Crippen LogP contribution in [0.1, 0.15) is 39.6 Å². The molecule has 0 saturated heterocycles. The minimum atomic E-state index is -0.552. The van der Waals surface area contributed by atoms with Gasteiger partial charge in [-0.1, -0.05) is 37.3 Å². The molecule has 0 aliphatic carbocycles. The van der Waals surface area contributed by atoms with Crippen LogP contribution < -0.4 is 25.0 Å². The Morgan fingerprint density at radius 3 is 2.27 bits per heavy atom. The predicted molar refractivity (Wildman–Crippen MR) is 152 cm³/mol. The van der Waals surface area contributed by atoms with Crippen molar-refractivity contribution in [2.75, 3.05) is 20.3 Å². The fourth-order valence-corrected chi connectivity index (χ4v) is 3.78. The normalized spacial score (nSPS) is 10.8. The molecule has 204 valence electrons. The number of rotatable bonds is 11. The van der Waals surface area contributed by atoms with Crippen LogP contribution in [-0.4, -0.2) is 44.3 Å². The van der Waals surface area contributed by atoms with Crippen molar-refractivity contribution in [3.8, 4) is 17.2 Å². The Balaban J connectivity index is 1.41. The Hall–Kier alpha value is -5.18. The number of nitrogens with one attached hydrogen (secondary N) is 2. The summed E-state index contributed by atoms with van der Waals surface area (Å²) in [5.74, 6) is 0.0961. The van der Waals surface area contributed by atoms with E-state index in [4.69, 9.17) is 14.2 Å². The van der Waals surface area contributed by atoms with Crippen LogP contribution in [0.15, 0.2) is 90.0 Å². The number of carbonyl (C=O) groups is 3. The molecule has 0 radical (unpaired) electrons. The fraction of sp³-hybridized carbons (Fsp3) is 0.161. The zero-order valence-corrected chi connectivity index (χ0v) is 22.2. The van der Waals surface area contributed by atoms with Crippen LogP contribution in [0.3, 0.4) is 0 Å². The van der Waals surface area contributed by atoms with Crippen LogP contribution in [0.2, 0.25) is 0 Å². The number of nitrogens with zero attached hydrogens (tertiary/aromatic N) is 1. The SMILES string of the molecule is CCCOc1ccc(C(=O)NCC(=O)NN=Cc2c(OC(=O)c3ccc(OC)cc3)ccc3ccccc23)cc1. The third kappa shape index (κ3) is 7.22. The van der Waals surface area contributed by atoms with E-state index in [0.29, 0.717) is 34.8 Å². The van der Waals surface area contributed by atoms with Gasteiger partial charge < -0.3 is 19.5 Å². The fourth-order valence-electron chi connectivity index (χ4n) is 3.78. The lowest BCUT2D eigenvalue weighted by molar-refractivity contribution is -0.120. The van der Waals surface area contributed by atoms with Crippen LogP contribution in [0.5, 0.6) is 17.2 Å². The Kier molecular flexibility index (Phi) is 9.44. The van der Waals surface area contributed by atoms with E-state index in [1.807, 2.05) is 37.3 Å². The Morgan fingerprint density at radius 1 is 0.850 bits per heavy atom. The highest BCUT2D eigenvalue weighted by molar-refractivity contribution is 6.04. The monoisotopic (exact) mass is 539 g/mol. The highest BCUT2D eigenvalue weighted by atomic mass is 16.5. The van der Waals surface area contributed by atoms with Gasteiger partial charge in [-0.3, -0.25) is 9.59 Å². The van der Waals surface area contributed by atoms with Gasteiger partial charge in [0, 0.05) is 11.1 Å². The van der Waals surface area contributed by atoms with Crippen molar-refractivity contribution < 1.29 is 28.6 Å². The second-order valence-electron chi connectivity index (χ2n) is 8.67. The average Bonchev–Trinajstić information content (AvgIpc) is 2.99. The minimum Gasteiger partial charge on any atom is -0.497 e. The molecule has 2 amide bonds. The van der Waals surface area contributed by atoms with E-state index < -0.39 is 17.8 Å². The highest BCUT2D eigenvalue weighted by Crippen LogP contribution is 2.27. The quantitative estimate of drug-likeness (QED) is 0.123. The summed E-state index contributed by atoms with van der Waals surface area (Å²) < 4.78 is 16.3. The van der Waals surface area contributed by atoms with Gasteiger partial charge in [-0.15, -0.1) is 0 Å². The van der Waals surface area contributed by atoms with E-state index in [-0.39, 0.29) is 12.3 Å². The van der Waals surface area contributed by atoms with Crippen LogP contribution in [0.4, 0.5) is 0 Å². The molecule has 0 unspecified atom stereocenters. The number of esters is 1. The Morgan fingerprint density at radius 2 is 1.55 bits per heavy atom. The molecule has 4 aromatic carbocycles. The number of fused-ring (bicyclic) bond motifs is 1. The molecule has 2 N–H and O–H groups in total. The molecule has 0 spiro atoms. The summed E-state index contributed by atoms with van der Waals surface area (Å²) in [6.45, 7) is 2.33. The zero-order chi connectivity index (χ0) is 28.3. The molecule has 9 heteroatoms. The molecule has 0 bridgehead atoms. The van der Waals surface area contributed by atoms with Crippen molar-refractivity contribution in [3.63, 3.8) is 0 Å². The van der Waals surface area contributed by atoms with E-state index >= 15 is 0 Å². The standard InChI is InChI=1S/C31H29N3O6/c1-3-18-39-25-15-8-22(9-16-25)30(36)32-20-29(35)34-33-19-27-26-7-5-4-6-21(26)12-17-28(27)40-31(37)23-10-13-24(38-2)14-11-23/h4-17,19H,3,18,20H2,1-2H3,(H,32,36)(H,34,35). The van der Waals surface area contributed by atoms with Gasteiger partial charge in [0.25, 0.3) is 11.8 Å². The molecule has 4 rings (SSSR count). The van der Waals surface area contributed by atoms with Crippen molar-refractivity contribution in [2.24, 2.45) is 5.10 Å². The molecule has 9 nitrogen and oxygen atoms in total. The first-order valence-electron chi connectivity index (χ1n) is 12.7. The zero-order valence-electron chi connectivity index (χ0n) is 22.2. The lowest BCUT2D eigenvalue weighted by Gasteiger charge is -2.11. The smallest absolute Gasteiger partial charge is 0.343 e. The van der Waals surface area contributed by atoms with E-state index in [9.17, 15) is 14.4 Å². The molecule has 0 atom stereocenters. The third-order valence-corrected chi connectivity index (χ3v) is 5.84. The lowest BCUT2D eigenvalue weighted by Crippen LogP contribution is -2.34. The van der Waals surface area contributed by atoms with E-state index in [2.05, 4.69) is 15.8 Å². The molecule has 0 saturated carbocycles. The molecule has 0 aliphatic rings. The molecule has 0 aliphatic heterocycles. The summed E-state index contributed by atoms with van der Waals surface area (Å²) in [6, 6.07) is 24.3. The first kappa shape index (κ1) is 27.8. The number of carbonyl (C=O) groups excluding carboxylic acids is 3. The van der Waals surface area contributed by atoms with Crippen molar-refractivity contribution in [3.05, 3.63) is 102 Å². The van der Waals surface area contributed by atoms with Gasteiger partial charge in [-0.25, -0.2) is 10.2 Å². The first-order valence-corrected chi connectivity index (χ1v) is 12.7. The largest absolute Gasteiger partial charge is 0.497 e. The van der Waals surface area contributed by atoms with Gasteiger partial charge in [0.2, 0.25) is 0 Å². The predicted octanol–water partition coefficient (Wildman–Crippen LogP) is 4.74. The van der Waals surface area contributed by atoms with E-state index in [0.717, 1.165) is 17.2 Å². The van der Waals surface area contributed by atoms with Gasteiger partial charge in [0.05, 0.1) is 32.0 Å². The summed E-state index contributed by atoms with van der Waals surface area (Å²) in [5, 5.41) is 8.28. The second kappa shape index (κ2) is 13.6. The highest BCUT2D eigenvalue weighted by Gasteiger charge is 2.14. The summed E-state index contributed by atoms with van der Waals surface area (Å²) in [6.07, 6.45) is 2.30. The average molecular weight is 540 g/mol. The summed E-state index contributed by atoms with van der Waals surface area (Å²) in [7, 11) is 1.55. The molecule has 4 aromatic rings. The summed E-state index contributed by atoms with van der Waals surface area (Å²) in [5.41, 5.74) is 3.66. The van der Waals surface area contributed by atoms with Crippen LogP contribution in [0, 0.1) is 0 Å². The molecule has 40 heavy (non-hydrogen) atoms. The Labute approximate surface area is 231 Å². The van der Waals surface area contributed by atoms with Gasteiger partial charge in [0.1, 0.15) is 17.2 Å². The number of hydrogen-bond acceptors (Lipinski definition) is 7. The van der Waals surface area contributed by atoms with E-state index in [1.165, 1.54) is 6.21 Å². The number of amides is 2. The van der Waals surface area contributed by atoms with Crippen LogP contribution >= 0.6 is 0 Å². The number of hydrazone groups is 1. The van der Waals surface area contributed by atoms with Gasteiger partial charge in [-0.05, 0) is 71.8 Å². The van der Waals surface area contributed by atoms with Gasteiger partial charge in [0.15, 0.2) is 0 Å². The number of methoxy groups -OCH3 is 1. The second-order valence-corrected chi connectivity index (χ2v) is 8.67. The molecule has 0 fully saturated rings. The molecule has 0 heterocycles. The number of hydrogen-bond donors (Lipinski definition) is 2. The van der Waals surface area contributed by atoms with Gasteiger partial charge >= 0.3 is 5.97 Å². The minimum absolute atomic E-state index is 0.275. The molecular formula is C31H29N3O6. The van der Waals surface area contributed by atoms with Crippen molar-refractivity contribution in [1.82, 2.24) is 10.7 Å². The van der Waals surface area contributed by atoms with Gasteiger partial charge in [-0.2, -0.15) is 5.10 Å². The topological polar surface area (TPSA) is 115 Å². The van der Waals surface area contributed by atoms with Crippen molar-refractivity contribution in [2.45, 2.75) is 13.3 Å². The summed E-state index contributed by atoms with van der Waals surface area (Å²) >= 11 is 0. The molecule has 0 aromatic heterocycles. The van der Waals surface area contributed by atoms with Crippen LogP contribution in [0.25, 0.3) is 10.8 Å². The maximum absolute atomic E-state index is 12.8. The summed E-state index contributed by atoms with van der Waals surface area (Å²) in [4.78, 5) is 37.5. The van der Waals surface area contributed by atoms with E-state index in [1.54, 1.807) is 61.7 Å². The maximum atomic E-state index is 12.8. The first-order chi connectivity index (χ1) is 19.5. The van der Waals surface area contributed by atoms with Crippen molar-refractivity contribution in [1.29, 1.82) is 0 Å². The maximum Gasteiger partial charge on any atom is 0.343 e.